The number of nitrogens with zero attached hydrogens (tertiary/aromatic N) is 4. The minimum atomic E-state index is -0.155. The van der Waals surface area contributed by atoms with Crippen LogP contribution >= 0.6 is 11.3 Å². The Kier molecular flexibility index (Phi) is 5.54. The van der Waals surface area contributed by atoms with Gasteiger partial charge in [-0.25, -0.2) is 9.78 Å². The summed E-state index contributed by atoms with van der Waals surface area (Å²) in [5.74, 6) is 0.517. The summed E-state index contributed by atoms with van der Waals surface area (Å²) in [5.41, 5.74) is 0.714. The van der Waals surface area contributed by atoms with Crippen LogP contribution in [0.4, 0.5) is 10.5 Å². The maximum Gasteiger partial charge on any atom is 0.322 e. The Labute approximate surface area is 135 Å². The van der Waals surface area contributed by atoms with Crippen LogP contribution in [-0.4, -0.2) is 32.7 Å². The molecular weight excluding hydrogens is 298 g/mol. The van der Waals surface area contributed by atoms with E-state index in [1.54, 1.807) is 29.5 Å². The lowest BCUT2D eigenvalue weighted by atomic mass is 10.2. The van der Waals surface area contributed by atoms with E-state index in [1.165, 1.54) is 4.88 Å². The van der Waals surface area contributed by atoms with Crippen LogP contribution in [0.25, 0.3) is 0 Å². The van der Waals surface area contributed by atoms with Crippen molar-refractivity contribution in [2.45, 2.75) is 40.3 Å². The molecule has 0 fully saturated rings. The van der Waals surface area contributed by atoms with Crippen molar-refractivity contribution in [2.24, 2.45) is 5.92 Å². The van der Waals surface area contributed by atoms with Gasteiger partial charge in [-0.1, -0.05) is 20.8 Å². The number of urea groups is 1. The third-order valence-electron chi connectivity index (χ3n) is 3.11. The van der Waals surface area contributed by atoms with Crippen molar-refractivity contribution in [2.75, 3.05) is 12.4 Å². The van der Waals surface area contributed by atoms with Gasteiger partial charge in [0.25, 0.3) is 0 Å². The molecule has 0 atom stereocenters. The van der Waals surface area contributed by atoms with E-state index < -0.39 is 0 Å². The van der Waals surface area contributed by atoms with Crippen molar-refractivity contribution in [3.63, 3.8) is 0 Å². The average Bonchev–Trinajstić information content (AvgIpc) is 3.07. The first-order valence-electron chi connectivity index (χ1n) is 7.46. The highest BCUT2D eigenvalue weighted by molar-refractivity contribution is 7.11. The standard InChI is InChI=1S/C15H23N5OS/c1-5-13-7-16-14(22-13)10-19(4)15(21)18-12-6-17-20(9-12)8-11(2)3/h6-7,9,11H,5,8,10H2,1-4H3,(H,18,21). The first kappa shape index (κ1) is 16.5. The van der Waals surface area contributed by atoms with Gasteiger partial charge in [0.15, 0.2) is 0 Å². The summed E-state index contributed by atoms with van der Waals surface area (Å²) in [4.78, 5) is 19.4. The first-order chi connectivity index (χ1) is 10.5. The minimum absolute atomic E-state index is 0.155. The fraction of sp³-hybridized carbons (Fsp3) is 0.533. The fourth-order valence-corrected chi connectivity index (χ4v) is 2.90. The molecule has 0 aliphatic heterocycles. The summed E-state index contributed by atoms with van der Waals surface area (Å²) in [6, 6.07) is -0.155. The molecule has 0 bridgehead atoms. The number of rotatable bonds is 6. The van der Waals surface area contributed by atoms with Crippen molar-refractivity contribution in [1.82, 2.24) is 19.7 Å². The molecule has 0 aliphatic carbocycles. The van der Waals surface area contributed by atoms with Gasteiger partial charge in [0.2, 0.25) is 0 Å². The van der Waals surface area contributed by atoms with Crippen molar-refractivity contribution in [3.8, 4) is 0 Å². The zero-order valence-electron chi connectivity index (χ0n) is 13.5. The first-order valence-corrected chi connectivity index (χ1v) is 8.27. The molecule has 6 nitrogen and oxygen atoms in total. The molecule has 0 saturated heterocycles. The maximum absolute atomic E-state index is 12.2. The predicted octanol–water partition coefficient (Wildman–Crippen LogP) is 3.22. The van der Waals surface area contributed by atoms with E-state index in [2.05, 4.69) is 36.2 Å². The summed E-state index contributed by atoms with van der Waals surface area (Å²) in [5, 5.41) is 8.05. The fourth-order valence-electron chi connectivity index (χ4n) is 1.98. The van der Waals surface area contributed by atoms with Crippen LogP contribution < -0.4 is 5.32 Å². The van der Waals surface area contributed by atoms with Gasteiger partial charge in [0, 0.05) is 30.9 Å². The molecule has 2 heterocycles. The number of amides is 2. The number of thiazole rings is 1. The third kappa shape index (κ3) is 4.56. The van der Waals surface area contributed by atoms with E-state index in [9.17, 15) is 4.79 Å². The van der Waals surface area contributed by atoms with E-state index >= 15 is 0 Å². The zero-order valence-corrected chi connectivity index (χ0v) is 14.4. The molecule has 22 heavy (non-hydrogen) atoms. The number of aryl methyl sites for hydroxylation is 1. The van der Waals surface area contributed by atoms with E-state index in [0.29, 0.717) is 18.2 Å². The summed E-state index contributed by atoms with van der Waals surface area (Å²) in [6.07, 6.45) is 6.38. The Morgan fingerprint density at radius 3 is 2.86 bits per heavy atom. The molecule has 2 aromatic heterocycles. The van der Waals surface area contributed by atoms with Crippen molar-refractivity contribution in [3.05, 3.63) is 28.5 Å². The highest BCUT2D eigenvalue weighted by Gasteiger charge is 2.12. The second kappa shape index (κ2) is 7.40. The Balaban J connectivity index is 1.89. The number of hydrogen-bond donors (Lipinski definition) is 1. The van der Waals surface area contributed by atoms with Gasteiger partial charge in [-0.05, 0) is 12.3 Å². The van der Waals surface area contributed by atoms with Crippen LogP contribution in [0.1, 0.15) is 30.7 Å². The highest BCUT2D eigenvalue weighted by atomic mass is 32.1. The minimum Gasteiger partial charge on any atom is -0.321 e. The number of anilines is 1. The Bertz CT molecular complexity index is 619. The molecule has 0 radical (unpaired) electrons. The monoisotopic (exact) mass is 321 g/mol. The molecular formula is C15H23N5OS. The van der Waals surface area contributed by atoms with E-state index in [0.717, 1.165) is 18.0 Å². The maximum atomic E-state index is 12.2. The lowest BCUT2D eigenvalue weighted by Gasteiger charge is -2.15. The number of hydrogen-bond acceptors (Lipinski definition) is 4. The number of nitrogens with one attached hydrogen (secondary N) is 1. The van der Waals surface area contributed by atoms with Crippen molar-refractivity contribution >= 4 is 23.1 Å². The largest absolute Gasteiger partial charge is 0.322 e. The normalized spacial score (nSPS) is 11.0. The molecule has 0 aliphatic rings. The average molecular weight is 321 g/mol. The van der Waals surface area contributed by atoms with Gasteiger partial charge in [0.1, 0.15) is 5.01 Å². The molecule has 0 spiro atoms. The van der Waals surface area contributed by atoms with E-state index in [1.807, 2.05) is 17.1 Å². The summed E-state index contributed by atoms with van der Waals surface area (Å²) < 4.78 is 1.84. The van der Waals surface area contributed by atoms with Crippen LogP contribution in [0.3, 0.4) is 0 Å². The lowest BCUT2D eigenvalue weighted by Crippen LogP contribution is -2.30. The van der Waals surface area contributed by atoms with Crippen LogP contribution in [0, 0.1) is 5.92 Å². The molecule has 0 aromatic carbocycles. The van der Waals surface area contributed by atoms with Crippen molar-refractivity contribution in [1.29, 1.82) is 0 Å². The molecule has 2 rings (SSSR count). The van der Waals surface area contributed by atoms with Crippen LogP contribution in [0.2, 0.25) is 0 Å². The Morgan fingerprint density at radius 2 is 2.23 bits per heavy atom. The number of carbonyl (C=O) groups is 1. The third-order valence-corrected chi connectivity index (χ3v) is 4.23. The smallest absolute Gasteiger partial charge is 0.321 e. The molecule has 7 heteroatoms. The van der Waals surface area contributed by atoms with E-state index in [-0.39, 0.29) is 6.03 Å². The summed E-state index contributed by atoms with van der Waals surface area (Å²) >= 11 is 1.65. The molecule has 0 unspecified atom stereocenters. The van der Waals surface area contributed by atoms with Gasteiger partial charge < -0.3 is 10.2 Å². The Morgan fingerprint density at radius 1 is 1.45 bits per heavy atom. The molecule has 2 aromatic rings. The van der Waals surface area contributed by atoms with Gasteiger partial charge in [-0.3, -0.25) is 4.68 Å². The van der Waals surface area contributed by atoms with Gasteiger partial charge >= 0.3 is 6.03 Å². The van der Waals surface area contributed by atoms with Crippen LogP contribution in [0.5, 0.6) is 0 Å². The quantitative estimate of drug-likeness (QED) is 0.888. The molecule has 2 amide bonds. The number of aromatic nitrogens is 3. The predicted molar refractivity (Wildman–Crippen MR) is 89.0 cm³/mol. The highest BCUT2D eigenvalue weighted by Crippen LogP contribution is 2.15. The van der Waals surface area contributed by atoms with Gasteiger partial charge in [0.05, 0.1) is 18.4 Å². The summed E-state index contributed by atoms with van der Waals surface area (Å²) in [7, 11) is 1.76. The van der Waals surface area contributed by atoms with Gasteiger partial charge in [-0.2, -0.15) is 5.10 Å². The van der Waals surface area contributed by atoms with Gasteiger partial charge in [-0.15, -0.1) is 11.3 Å². The zero-order chi connectivity index (χ0) is 16.1. The SMILES string of the molecule is CCc1cnc(CN(C)C(=O)Nc2cnn(CC(C)C)c2)s1. The van der Waals surface area contributed by atoms with Crippen LogP contribution in [-0.2, 0) is 19.5 Å². The second-order valence-electron chi connectivity index (χ2n) is 5.70. The van der Waals surface area contributed by atoms with E-state index in [4.69, 9.17) is 0 Å². The summed E-state index contributed by atoms with van der Waals surface area (Å²) in [6.45, 7) is 7.71. The molecule has 0 saturated carbocycles. The Hall–Kier alpha value is -1.89. The second-order valence-corrected chi connectivity index (χ2v) is 6.90. The molecule has 1 N–H and O–H groups in total. The van der Waals surface area contributed by atoms with Crippen LogP contribution in [0.15, 0.2) is 18.6 Å². The van der Waals surface area contributed by atoms with Crippen molar-refractivity contribution < 1.29 is 4.79 Å². The topological polar surface area (TPSA) is 63.1 Å². The molecule has 120 valence electrons. The lowest BCUT2D eigenvalue weighted by molar-refractivity contribution is 0.220. The number of carbonyl (C=O) groups excluding carboxylic acids is 1.